The van der Waals surface area contributed by atoms with Gasteiger partial charge in [-0.05, 0) is 33.9 Å². The van der Waals surface area contributed by atoms with Crippen LogP contribution in [0.2, 0.25) is 0 Å². The van der Waals surface area contributed by atoms with Crippen molar-refractivity contribution < 1.29 is 0 Å². The second-order valence-corrected chi connectivity index (χ2v) is 6.91. The van der Waals surface area contributed by atoms with Gasteiger partial charge in [-0.3, -0.25) is 0 Å². The number of hydrogen-bond donors (Lipinski definition) is 1. The molecule has 17 heavy (non-hydrogen) atoms. The summed E-state index contributed by atoms with van der Waals surface area (Å²) in [7, 11) is 1.91. The molecule has 4 heteroatoms. The third-order valence-electron chi connectivity index (χ3n) is 2.40. The van der Waals surface area contributed by atoms with Crippen molar-refractivity contribution in [3.8, 4) is 0 Å². The Bertz CT molecular complexity index is 394. The minimum absolute atomic E-state index is 0.214. The fourth-order valence-corrected chi connectivity index (χ4v) is 2.75. The summed E-state index contributed by atoms with van der Waals surface area (Å²) in [5.74, 6) is 2.31. The molecule has 0 saturated carbocycles. The minimum Gasteiger partial charge on any atom is -0.372 e. The molecule has 1 N–H and O–H groups in total. The summed E-state index contributed by atoms with van der Waals surface area (Å²) in [5, 5.41) is 3.16. The number of nitrogens with zero attached hydrogens (tertiary/aromatic N) is 2. The molecule has 1 rings (SSSR count). The molecule has 3 nitrogen and oxygen atoms in total. The molecule has 1 aromatic rings. The van der Waals surface area contributed by atoms with E-state index >= 15 is 0 Å². The summed E-state index contributed by atoms with van der Waals surface area (Å²) < 4.78 is 1.14. The molecule has 0 fully saturated rings. The zero-order chi connectivity index (χ0) is 13.2. The van der Waals surface area contributed by atoms with Gasteiger partial charge < -0.3 is 5.32 Å². The zero-order valence-corrected chi connectivity index (χ0v) is 13.7. The second-order valence-electron chi connectivity index (χ2n) is 5.83. The number of aromatic nitrogens is 2. The fourth-order valence-electron chi connectivity index (χ4n) is 1.61. The van der Waals surface area contributed by atoms with Crippen LogP contribution in [0.5, 0.6) is 0 Å². The summed E-state index contributed by atoms with van der Waals surface area (Å²) in [4.78, 5) is 9.30. The molecule has 0 aliphatic heterocycles. The van der Waals surface area contributed by atoms with Crippen LogP contribution in [0.25, 0.3) is 0 Å². The van der Waals surface area contributed by atoms with Crippen molar-refractivity contribution >= 4 is 28.4 Å². The highest BCUT2D eigenvalue weighted by molar-refractivity contribution is 14.1. The van der Waals surface area contributed by atoms with Crippen molar-refractivity contribution in [3.63, 3.8) is 0 Å². The van der Waals surface area contributed by atoms with Gasteiger partial charge in [-0.2, -0.15) is 0 Å². The summed E-state index contributed by atoms with van der Waals surface area (Å²) >= 11 is 2.32. The molecule has 0 aliphatic rings. The number of nitrogens with one attached hydrogen (secondary N) is 1. The van der Waals surface area contributed by atoms with E-state index in [9.17, 15) is 0 Å². The van der Waals surface area contributed by atoms with Gasteiger partial charge in [-0.25, -0.2) is 9.97 Å². The summed E-state index contributed by atoms with van der Waals surface area (Å²) in [6.45, 7) is 11.0. The Morgan fingerprint density at radius 3 is 2.24 bits per heavy atom. The van der Waals surface area contributed by atoms with Gasteiger partial charge in [0.25, 0.3) is 0 Å². The van der Waals surface area contributed by atoms with Gasteiger partial charge in [-0.15, -0.1) is 0 Å². The molecular formula is C13H22IN3. The van der Waals surface area contributed by atoms with Gasteiger partial charge in [0.15, 0.2) is 0 Å². The van der Waals surface area contributed by atoms with Crippen LogP contribution < -0.4 is 5.32 Å². The molecule has 1 heterocycles. The summed E-state index contributed by atoms with van der Waals surface area (Å²) in [6, 6.07) is 0. The molecule has 96 valence electrons. The van der Waals surface area contributed by atoms with E-state index in [1.807, 2.05) is 7.05 Å². The van der Waals surface area contributed by atoms with E-state index in [-0.39, 0.29) is 5.41 Å². The van der Waals surface area contributed by atoms with Crippen molar-refractivity contribution in [2.45, 2.75) is 47.0 Å². The Morgan fingerprint density at radius 2 is 1.82 bits per heavy atom. The van der Waals surface area contributed by atoms with E-state index in [2.05, 4.69) is 67.5 Å². The third-order valence-corrected chi connectivity index (χ3v) is 3.46. The normalized spacial score (nSPS) is 12.0. The maximum Gasteiger partial charge on any atom is 0.143 e. The van der Waals surface area contributed by atoms with E-state index in [0.29, 0.717) is 5.92 Å². The average Bonchev–Trinajstić information content (AvgIpc) is 2.17. The monoisotopic (exact) mass is 347 g/mol. The number of anilines is 1. The molecule has 0 saturated heterocycles. The minimum atomic E-state index is 0.214. The second kappa shape index (κ2) is 5.50. The highest BCUT2D eigenvalue weighted by Crippen LogP contribution is 2.27. The number of hydrogen-bond acceptors (Lipinski definition) is 3. The zero-order valence-electron chi connectivity index (χ0n) is 11.6. The Hall–Kier alpha value is -0.390. The van der Waals surface area contributed by atoms with Gasteiger partial charge in [0, 0.05) is 13.5 Å². The summed E-state index contributed by atoms with van der Waals surface area (Å²) in [6.07, 6.45) is 0.901. The van der Waals surface area contributed by atoms with E-state index < -0.39 is 0 Å². The highest BCUT2D eigenvalue weighted by Gasteiger charge is 2.18. The number of halogens is 1. The molecule has 0 bridgehead atoms. The van der Waals surface area contributed by atoms with Crippen LogP contribution in [0.4, 0.5) is 5.82 Å². The van der Waals surface area contributed by atoms with Crippen LogP contribution in [0, 0.1) is 8.99 Å². The van der Waals surface area contributed by atoms with Crippen molar-refractivity contribution in [3.05, 3.63) is 15.1 Å². The van der Waals surface area contributed by atoms with Crippen LogP contribution in [0.1, 0.15) is 52.1 Å². The molecule has 0 unspecified atom stereocenters. The van der Waals surface area contributed by atoms with Crippen LogP contribution in [0.15, 0.2) is 0 Å². The lowest BCUT2D eigenvalue weighted by Crippen LogP contribution is -2.15. The molecule has 0 spiro atoms. The van der Waals surface area contributed by atoms with Gasteiger partial charge in [0.1, 0.15) is 11.6 Å². The molecule has 0 radical (unpaired) electrons. The van der Waals surface area contributed by atoms with Crippen LogP contribution in [-0.2, 0) is 6.42 Å². The Morgan fingerprint density at radius 1 is 1.24 bits per heavy atom. The van der Waals surface area contributed by atoms with Gasteiger partial charge in [-0.1, -0.05) is 34.6 Å². The van der Waals surface area contributed by atoms with E-state index in [0.717, 1.165) is 27.3 Å². The Balaban J connectivity index is 3.21. The molecular weight excluding hydrogens is 325 g/mol. The third kappa shape index (κ3) is 4.08. The summed E-state index contributed by atoms with van der Waals surface area (Å²) in [5.41, 5.74) is 1.36. The van der Waals surface area contributed by atoms with Gasteiger partial charge >= 0.3 is 0 Å². The largest absolute Gasteiger partial charge is 0.372 e. The fraction of sp³-hybridized carbons (Fsp3) is 0.692. The van der Waals surface area contributed by atoms with E-state index in [1.165, 1.54) is 0 Å². The lowest BCUT2D eigenvalue weighted by Gasteiger charge is -2.19. The predicted octanol–water partition coefficient (Wildman–Crippen LogP) is 3.83. The molecule has 0 atom stereocenters. The lowest BCUT2D eigenvalue weighted by atomic mass is 9.92. The Kier molecular flexibility index (Phi) is 4.75. The lowest BCUT2D eigenvalue weighted by molar-refractivity contribution is 0.400. The first-order chi connectivity index (χ1) is 7.74. The first-order valence-electron chi connectivity index (χ1n) is 5.98. The standard InChI is InChI=1S/C13H22IN3/c1-8(2)11-10(14)12(15-6)17-9(16-11)7-13(3,4)5/h8H,7H2,1-6H3,(H,15,16,17). The van der Waals surface area contributed by atoms with Crippen molar-refractivity contribution in [2.75, 3.05) is 12.4 Å². The van der Waals surface area contributed by atoms with Crippen molar-refractivity contribution in [1.82, 2.24) is 9.97 Å². The topological polar surface area (TPSA) is 37.8 Å². The van der Waals surface area contributed by atoms with E-state index in [1.54, 1.807) is 0 Å². The van der Waals surface area contributed by atoms with Crippen LogP contribution in [0.3, 0.4) is 0 Å². The average molecular weight is 347 g/mol. The Labute approximate surface area is 118 Å². The molecule has 0 aliphatic carbocycles. The first kappa shape index (κ1) is 14.7. The molecule has 1 aromatic heterocycles. The maximum atomic E-state index is 4.71. The maximum absolute atomic E-state index is 4.71. The number of rotatable bonds is 3. The van der Waals surface area contributed by atoms with Gasteiger partial charge in [0.2, 0.25) is 0 Å². The molecule has 0 amide bonds. The quantitative estimate of drug-likeness (QED) is 0.845. The van der Waals surface area contributed by atoms with Crippen molar-refractivity contribution in [2.24, 2.45) is 5.41 Å². The van der Waals surface area contributed by atoms with Crippen molar-refractivity contribution in [1.29, 1.82) is 0 Å². The smallest absolute Gasteiger partial charge is 0.143 e. The molecule has 0 aromatic carbocycles. The first-order valence-corrected chi connectivity index (χ1v) is 7.06. The van der Waals surface area contributed by atoms with E-state index in [4.69, 9.17) is 4.98 Å². The van der Waals surface area contributed by atoms with Crippen LogP contribution in [-0.4, -0.2) is 17.0 Å². The van der Waals surface area contributed by atoms with Crippen LogP contribution >= 0.6 is 22.6 Å². The SMILES string of the molecule is CNc1nc(CC(C)(C)C)nc(C(C)C)c1I. The van der Waals surface area contributed by atoms with Gasteiger partial charge in [0.05, 0.1) is 9.26 Å². The highest BCUT2D eigenvalue weighted by atomic mass is 127. The predicted molar refractivity (Wildman–Crippen MR) is 81.5 cm³/mol.